The first kappa shape index (κ1) is 26.5. The molecule has 2 nitrogen and oxygen atoms in total. The maximum atomic E-state index is 9.78. The zero-order chi connectivity index (χ0) is 26.0. The van der Waals surface area contributed by atoms with Crippen LogP contribution in [0.25, 0.3) is 0 Å². The van der Waals surface area contributed by atoms with Crippen LogP contribution in [0.4, 0.5) is 0 Å². The third-order valence-electron chi connectivity index (χ3n) is 11.6. The molecule has 0 aromatic heterocycles. The number of hydrogen-bond acceptors (Lipinski definition) is 2. The van der Waals surface area contributed by atoms with Gasteiger partial charge in [0, 0.05) is 16.5 Å². The van der Waals surface area contributed by atoms with Crippen LogP contribution in [-0.4, -0.2) is 12.6 Å². The van der Waals surface area contributed by atoms with E-state index in [1.165, 1.54) is 56.1 Å². The molecule has 0 aromatic rings. The highest BCUT2D eigenvalue weighted by molar-refractivity contribution is 5.45. The molecule has 4 rings (SSSR count). The van der Waals surface area contributed by atoms with Crippen molar-refractivity contribution in [3.8, 4) is 6.07 Å². The summed E-state index contributed by atoms with van der Waals surface area (Å²) < 4.78 is 0. The average Bonchev–Trinajstić information content (AvgIpc) is 2.79. The van der Waals surface area contributed by atoms with Crippen LogP contribution in [0.3, 0.4) is 0 Å². The van der Waals surface area contributed by atoms with E-state index in [9.17, 15) is 5.26 Å². The first-order valence-corrected chi connectivity index (χ1v) is 14.0. The van der Waals surface area contributed by atoms with Gasteiger partial charge in [-0.15, -0.1) is 6.58 Å². The molecule has 0 radical (unpaired) electrons. The minimum atomic E-state index is -0.179. The second-order valence-corrected chi connectivity index (χ2v) is 14.4. The van der Waals surface area contributed by atoms with Crippen molar-refractivity contribution >= 4 is 0 Å². The fourth-order valence-corrected chi connectivity index (χ4v) is 9.58. The summed E-state index contributed by atoms with van der Waals surface area (Å²) in [5, 5.41) is 13.6. The van der Waals surface area contributed by atoms with E-state index in [0.29, 0.717) is 29.1 Å². The molecule has 0 aliphatic heterocycles. The number of fused-ring (bicyclic) bond motifs is 5. The van der Waals surface area contributed by atoms with E-state index >= 15 is 0 Å². The van der Waals surface area contributed by atoms with Crippen molar-refractivity contribution < 1.29 is 0 Å². The maximum absolute atomic E-state index is 9.78. The Bertz CT molecular complexity index is 1000. The van der Waals surface area contributed by atoms with Crippen LogP contribution in [0.15, 0.2) is 48.1 Å². The minimum Gasteiger partial charge on any atom is -0.314 e. The molecular formula is C33H50N2. The Morgan fingerprint density at radius 1 is 1.11 bits per heavy atom. The lowest BCUT2D eigenvalue weighted by atomic mass is 9.40. The minimum absolute atomic E-state index is 0.0113. The third kappa shape index (κ3) is 3.92. The zero-order valence-corrected chi connectivity index (χ0v) is 23.9. The molecule has 0 aromatic carbocycles. The molecular weight excluding hydrogens is 424 g/mol. The number of nitriles is 1. The van der Waals surface area contributed by atoms with E-state index in [2.05, 4.69) is 84.8 Å². The summed E-state index contributed by atoms with van der Waals surface area (Å²) in [6, 6.07) is 2.44. The van der Waals surface area contributed by atoms with Crippen molar-refractivity contribution in [3.05, 3.63) is 48.1 Å². The molecule has 4 aliphatic rings. The molecule has 0 saturated heterocycles. The molecule has 1 N–H and O–H groups in total. The SMILES string of the molecule is C=CC(C)(C)C1CCC2(C)C(=CC(=C)C3C4CC(C)(C)CCC4(NC)CCC32)C1(C)/C=C(\C)C#N. The molecule has 35 heavy (non-hydrogen) atoms. The molecule has 7 atom stereocenters. The van der Waals surface area contributed by atoms with Gasteiger partial charge in [0.1, 0.15) is 0 Å². The van der Waals surface area contributed by atoms with Gasteiger partial charge in [-0.25, -0.2) is 0 Å². The van der Waals surface area contributed by atoms with Crippen LogP contribution in [0, 0.1) is 56.7 Å². The second-order valence-electron chi connectivity index (χ2n) is 14.4. The van der Waals surface area contributed by atoms with Crippen molar-refractivity contribution in [2.45, 2.75) is 99.0 Å². The highest BCUT2D eigenvalue weighted by atomic mass is 15.0. The fourth-order valence-electron chi connectivity index (χ4n) is 9.58. The highest BCUT2D eigenvalue weighted by Gasteiger charge is 2.62. The van der Waals surface area contributed by atoms with Crippen LogP contribution in [0.5, 0.6) is 0 Å². The summed E-state index contributed by atoms with van der Waals surface area (Å²) in [6.45, 7) is 25.6. The van der Waals surface area contributed by atoms with Gasteiger partial charge in [0.15, 0.2) is 0 Å². The van der Waals surface area contributed by atoms with Gasteiger partial charge in [-0.1, -0.05) is 77.5 Å². The van der Waals surface area contributed by atoms with Gasteiger partial charge >= 0.3 is 0 Å². The van der Waals surface area contributed by atoms with Crippen molar-refractivity contribution in [2.75, 3.05) is 7.05 Å². The number of rotatable bonds is 4. The molecule has 0 amide bonds. The van der Waals surface area contributed by atoms with Crippen molar-refractivity contribution in [2.24, 2.45) is 45.3 Å². The molecule has 3 fully saturated rings. The second kappa shape index (κ2) is 8.48. The summed E-state index contributed by atoms with van der Waals surface area (Å²) in [5.74, 6) is 2.22. The van der Waals surface area contributed by atoms with Gasteiger partial charge in [-0.3, -0.25) is 0 Å². The molecule has 7 unspecified atom stereocenters. The van der Waals surface area contributed by atoms with Crippen LogP contribution >= 0.6 is 0 Å². The first-order valence-electron chi connectivity index (χ1n) is 14.0. The summed E-state index contributed by atoms with van der Waals surface area (Å²) in [4.78, 5) is 0. The Labute approximate surface area is 216 Å². The Balaban J connectivity index is 1.87. The van der Waals surface area contributed by atoms with E-state index < -0.39 is 0 Å². The van der Waals surface area contributed by atoms with Gasteiger partial charge in [-0.2, -0.15) is 5.26 Å². The van der Waals surface area contributed by atoms with Crippen LogP contribution in [0.1, 0.15) is 93.4 Å². The summed E-state index contributed by atoms with van der Waals surface area (Å²) >= 11 is 0. The lowest BCUT2D eigenvalue weighted by Crippen LogP contribution is -2.63. The molecule has 0 spiro atoms. The van der Waals surface area contributed by atoms with Crippen molar-refractivity contribution in [1.82, 2.24) is 5.32 Å². The quantitative estimate of drug-likeness (QED) is 0.328. The predicted molar refractivity (Wildman–Crippen MR) is 149 cm³/mol. The number of nitrogens with zero attached hydrogens (tertiary/aromatic N) is 1. The van der Waals surface area contributed by atoms with E-state index in [-0.39, 0.29) is 21.8 Å². The first-order chi connectivity index (χ1) is 16.2. The highest BCUT2D eigenvalue weighted by Crippen LogP contribution is 2.69. The van der Waals surface area contributed by atoms with Gasteiger partial charge in [0.25, 0.3) is 0 Å². The van der Waals surface area contributed by atoms with E-state index in [1.54, 1.807) is 0 Å². The Kier molecular flexibility index (Phi) is 6.41. The molecule has 3 saturated carbocycles. The molecule has 0 bridgehead atoms. The number of allylic oxidation sites excluding steroid dienone is 6. The maximum Gasteiger partial charge on any atom is 0.0941 e. The van der Waals surface area contributed by atoms with E-state index in [0.717, 1.165) is 5.57 Å². The fraction of sp³-hybridized carbons (Fsp3) is 0.727. The van der Waals surface area contributed by atoms with Crippen LogP contribution in [0.2, 0.25) is 0 Å². The summed E-state index contributed by atoms with van der Waals surface area (Å²) in [7, 11) is 2.20. The van der Waals surface area contributed by atoms with Crippen LogP contribution < -0.4 is 5.32 Å². The standard InChI is InChI=1S/C33H50N2/c1-11-30(6,7)26-13-14-31(8)24-12-15-33(35-10)17-16-29(4,5)20-25(33)28(24)23(3)18-27(31)32(26,9)19-22(2)21-34/h11,18-19,24-26,28,35H,1,3,12-17,20H2,2,4-10H3/b22-19+. The van der Waals surface area contributed by atoms with Gasteiger partial charge in [0.2, 0.25) is 0 Å². The Morgan fingerprint density at radius 2 is 1.80 bits per heavy atom. The Morgan fingerprint density at radius 3 is 2.40 bits per heavy atom. The third-order valence-corrected chi connectivity index (χ3v) is 11.6. The van der Waals surface area contributed by atoms with Crippen LogP contribution in [-0.2, 0) is 0 Å². The largest absolute Gasteiger partial charge is 0.314 e. The van der Waals surface area contributed by atoms with Gasteiger partial charge in [0.05, 0.1) is 6.07 Å². The smallest absolute Gasteiger partial charge is 0.0941 e. The van der Waals surface area contributed by atoms with E-state index in [4.69, 9.17) is 6.58 Å². The topological polar surface area (TPSA) is 35.8 Å². The number of nitrogens with one attached hydrogen (secondary N) is 1. The predicted octanol–water partition coefficient (Wildman–Crippen LogP) is 8.40. The normalized spacial score (nSPS) is 43.2. The van der Waals surface area contributed by atoms with E-state index in [1.807, 2.05) is 6.92 Å². The monoisotopic (exact) mass is 474 g/mol. The molecule has 0 heterocycles. The summed E-state index contributed by atoms with van der Waals surface area (Å²) in [6.07, 6.45) is 15.7. The summed E-state index contributed by atoms with van der Waals surface area (Å²) in [5.41, 5.74) is 4.29. The Hall–Kier alpha value is -1.59. The van der Waals surface area contributed by atoms with Gasteiger partial charge in [-0.05, 0) is 98.8 Å². The number of hydrogen-bond donors (Lipinski definition) is 1. The van der Waals surface area contributed by atoms with Crippen molar-refractivity contribution in [1.29, 1.82) is 5.26 Å². The lowest BCUT2D eigenvalue weighted by Gasteiger charge is -2.65. The zero-order valence-electron chi connectivity index (χ0n) is 23.9. The van der Waals surface area contributed by atoms with Gasteiger partial charge < -0.3 is 5.32 Å². The molecule has 2 heteroatoms. The average molecular weight is 475 g/mol. The molecule has 4 aliphatic carbocycles. The lowest BCUT2D eigenvalue weighted by molar-refractivity contribution is -0.0665. The van der Waals surface area contributed by atoms with Crippen molar-refractivity contribution in [3.63, 3.8) is 0 Å². The molecule has 192 valence electrons.